The molecule has 0 bridgehead atoms. The molecule has 0 spiro atoms. The Hall–Kier alpha value is -0.990. The molecule has 0 aliphatic heterocycles. The van der Waals surface area contributed by atoms with E-state index in [1.165, 1.54) is 36.9 Å². The molecule has 1 aromatic rings. The van der Waals surface area contributed by atoms with Crippen molar-refractivity contribution in [2.75, 3.05) is 5.73 Å². The summed E-state index contributed by atoms with van der Waals surface area (Å²) in [5.74, 6) is 1.45. The molecule has 0 radical (unpaired) electrons. The monoisotopic (exact) mass is 237 g/mol. The molecule has 0 unspecified atom stereocenters. The molecule has 3 heteroatoms. The number of hydrogen-bond acceptors (Lipinski definition) is 2. The highest BCUT2D eigenvalue weighted by atomic mass is 15.3. The fourth-order valence-electron chi connectivity index (χ4n) is 2.55. The van der Waals surface area contributed by atoms with Crippen molar-refractivity contribution < 1.29 is 0 Å². The Bertz CT molecular complexity index is 335. The number of nitrogens with zero attached hydrogens (tertiary/aromatic N) is 2. The lowest BCUT2D eigenvalue weighted by Gasteiger charge is -2.14. The van der Waals surface area contributed by atoms with Gasteiger partial charge in [0.05, 0.1) is 5.69 Å². The zero-order valence-corrected chi connectivity index (χ0v) is 11.8. The second-order valence-electron chi connectivity index (χ2n) is 4.90. The van der Waals surface area contributed by atoms with Gasteiger partial charge in [-0.05, 0) is 19.3 Å². The van der Waals surface area contributed by atoms with Gasteiger partial charge in [0.25, 0.3) is 0 Å². The molecule has 0 aromatic carbocycles. The van der Waals surface area contributed by atoms with Gasteiger partial charge in [0.15, 0.2) is 0 Å². The smallest absolute Gasteiger partial charge is 0.124 e. The lowest BCUT2D eigenvalue weighted by molar-refractivity contribution is 0.536. The Morgan fingerprint density at radius 3 is 2.18 bits per heavy atom. The Labute approximate surface area is 105 Å². The van der Waals surface area contributed by atoms with Gasteiger partial charge >= 0.3 is 0 Å². The predicted molar refractivity (Wildman–Crippen MR) is 74.2 cm³/mol. The van der Waals surface area contributed by atoms with Crippen LogP contribution in [0, 0.1) is 0 Å². The van der Waals surface area contributed by atoms with Gasteiger partial charge in [-0.1, -0.05) is 40.0 Å². The Balaban J connectivity index is 3.03. The third kappa shape index (κ3) is 3.24. The lowest BCUT2D eigenvalue weighted by atomic mass is 9.91. The predicted octanol–water partition coefficient (Wildman–Crippen LogP) is 3.64. The fraction of sp³-hybridized carbons (Fsp3) is 0.786. The molecule has 0 amide bonds. The summed E-state index contributed by atoms with van der Waals surface area (Å²) in [6.07, 6.45) is 7.06. The summed E-state index contributed by atoms with van der Waals surface area (Å²) in [4.78, 5) is 0. The van der Waals surface area contributed by atoms with Crippen molar-refractivity contribution in [3.8, 4) is 0 Å². The molecule has 0 aliphatic rings. The zero-order chi connectivity index (χ0) is 12.8. The minimum Gasteiger partial charge on any atom is -0.384 e. The van der Waals surface area contributed by atoms with Gasteiger partial charge in [-0.15, -0.1) is 0 Å². The van der Waals surface area contributed by atoms with Crippen LogP contribution in [-0.2, 0) is 13.5 Å². The maximum atomic E-state index is 6.12. The van der Waals surface area contributed by atoms with Crippen LogP contribution in [-0.4, -0.2) is 9.78 Å². The van der Waals surface area contributed by atoms with Crippen molar-refractivity contribution in [2.45, 2.75) is 65.2 Å². The van der Waals surface area contributed by atoms with E-state index in [9.17, 15) is 0 Å². The van der Waals surface area contributed by atoms with E-state index in [4.69, 9.17) is 5.73 Å². The van der Waals surface area contributed by atoms with E-state index in [0.29, 0.717) is 5.92 Å². The van der Waals surface area contributed by atoms with Crippen LogP contribution in [0.1, 0.15) is 70.1 Å². The quantitative estimate of drug-likeness (QED) is 0.787. The highest BCUT2D eigenvalue weighted by Gasteiger charge is 2.20. The van der Waals surface area contributed by atoms with Gasteiger partial charge in [0, 0.05) is 18.5 Å². The van der Waals surface area contributed by atoms with Crippen molar-refractivity contribution in [2.24, 2.45) is 7.05 Å². The second-order valence-corrected chi connectivity index (χ2v) is 4.90. The number of anilines is 1. The molecular formula is C14H27N3. The third-order valence-electron chi connectivity index (χ3n) is 3.39. The first-order valence-electron chi connectivity index (χ1n) is 6.96. The maximum absolute atomic E-state index is 6.12. The Morgan fingerprint density at radius 2 is 1.71 bits per heavy atom. The normalized spacial score (nSPS) is 11.4. The van der Waals surface area contributed by atoms with Crippen LogP contribution in [0.25, 0.3) is 0 Å². The molecule has 0 saturated carbocycles. The summed E-state index contributed by atoms with van der Waals surface area (Å²) in [6, 6.07) is 0. The van der Waals surface area contributed by atoms with E-state index >= 15 is 0 Å². The van der Waals surface area contributed by atoms with Crippen LogP contribution >= 0.6 is 0 Å². The second kappa shape index (κ2) is 6.67. The van der Waals surface area contributed by atoms with E-state index in [1.807, 2.05) is 11.7 Å². The highest BCUT2D eigenvalue weighted by Crippen LogP contribution is 2.31. The van der Waals surface area contributed by atoms with Crippen LogP contribution in [0.2, 0.25) is 0 Å². The number of nitrogens with two attached hydrogens (primary N) is 1. The summed E-state index contributed by atoms with van der Waals surface area (Å²) in [6.45, 7) is 6.69. The number of hydrogen-bond donors (Lipinski definition) is 1. The zero-order valence-electron chi connectivity index (χ0n) is 11.8. The molecule has 1 rings (SSSR count). The van der Waals surface area contributed by atoms with E-state index in [2.05, 4.69) is 25.9 Å². The molecule has 2 N–H and O–H groups in total. The summed E-state index contributed by atoms with van der Waals surface area (Å²) in [5.41, 5.74) is 8.67. The molecular weight excluding hydrogens is 210 g/mol. The van der Waals surface area contributed by atoms with Gasteiger partial charge in [-0.2, -0.15) is 5.10 Å². The highest BCUT2D eigenvalue weighted by molar-refractivity contribution is 5.44. The van der Waals surface area contributed by atoms with Crippen molar-refractivity contribution in [3.63, 3.8) is 0 Å². The van der Waals surface area contributed by atoms with Crippen LogP contribution in [0.4, 0.5) is 5.82 Å². The van der Waals surface area contributed by atoms with Gasteiger partial charge in [-0.25, -0.2) is 0 Å². The summed E-state index contributed by atoms with van der Waals surface area (Å²) in [7, 11) is 1.95. The minimum atomic E-state index is 0.593. The van der Waals surface area contributed by atoms with Gasteiger partial charge in [-0.3, -0.25) is 4.68 Å². The Morgan fingerprint density at radius 1 is 1.12 bits per heavy atom. The van der Waals surface area contributed by atoms with Crippen LogP contribution in [0.5, 0.6) is 0 Å². The van der Waals surface area contributed by atoms with Gasteiger partial charge in [0.1, 0.15) is 5.82 Å². The standard InChI is InChI=1S/C14H27N3/c1-5-8-11(9-6-2)13-12(10-7-3)14(15)17(4)16-13/h11H,5-10,15H2,1-4H3. The topological polar surface area (TPSA) is 43.8 Å². The number of rotatable bonds is 7. The molecule has 0 aliphatic carbocycles. The van der Waals surface area contributed by atoms with Crippen molar-refractivity contribution >= 4 is 5.82 Å². The van der Waals surface area contributed by atoms with E-state index in [1.54, 1.807) is 0 Å². The van der Waals surface area contributed by atoms with Gasteiger partial charge < -0.3 is 5.73 Å². The number of aromatic nitrogens is 2. The van der Waals surface area contributed by atoms with Crippen LogP contribution in [0.3, 0.4) is 0 Å². The maximum Gasteiger partial charge on any atom is 0.124 e. The SMILES string of the molecule is CCCc1c(C(CCC)CCC)nn(C)c1N. The average Bonchev–Trinajstić information content (AvgIpc) is 2.58. The fourth-order valence-corrected chi connectivity index (χ4v) is 2.55. The van der Waals surface area contributed by atoms with E-state index in [0.717, 1.165) is 18.7 Å². The first-order valence-corrected chi connectivity index (χ1v) is 6.96. The van der Waals surface area contributed by atoms with Crippen molar-refractivity contribution in [1.82, 2.24) is 9.78 Å². The van der Waals surface area contributed by atoms with Gasteiger partial charge in [0.2, 0.25) is 0 Å². The van der Waals surface area contributed by atoms with Crippen LogP contribution in [0.15, 0.2) is 0 Å². The lowest BCUT2D eigenvalue weighted by Crippen LogP contribution is -2.03. The number of nitrogen functional groups attached to an aromatic ring is 1. The summed E-state index contributed by atoms with van der Waals surface area (Å²) in [5, 5.41) is 4.66. The molecule has 98 valence electrons. The summed E-state index contributed by atoms with van der Waals surface area (Å²) >= 11 is 0. The number of aryl methyl sites for hydroxylation is 1. The van der Waals surface area contributed by atoms with E-state index < -0.39 is 0 Å². The molecule has 0 fully saturated rings. The summed E-state index contributed by atoms with van der Waals surface area (Å²) < 4.78 is 1.85. The first kappa shape index (κ1) is 14.1. The molecule has 1 aromatic heterocycles. The van der Waals surface area contributed by atoms with Crippen molar-refractivity contribution in [3.05, 3.63) is 11.3 Å². The molecule has 1 heterocycles. The molecule has 0 saturated heterocycles. The Kier molecular flexibility index (Phi) is 5.52. The third-order valence-corrected chi connectivity index (χ3v) is 3.39. The first-order chi connectivity index (χ1) is 8.15. The largest absolute Gasteiger partial charge is 0.384 e. The van der Waals surface area contributed by atoms with Crippen molar-refractivity contribution in [1.29, 1.82) is 0 Å². The minimum absolute atomic E-state index is 0.593. The molecule has 3 nitrogen and oxygen atoms in total. The van der Waals surface area contributed by atoms with E-state index in [-0.39, 0.29) is 0 Å². The molecule has 17 heavy (non-hydrogen) atoms. The molecule has 0 atom stereocenters. The van der Waals surface area contributed by atoms with Crippen LogP contribution < -0.4 is 5.73 Å². The average molecular weight is 237 g/mol.